The lowest BCUT2D eigenvalue weighted by Gasteiger charge is -2.39. The Balaban J connectivity index is 0.000000479. The molecule has 204 valence electrons. The van der Waals surface area contributed by atoms with Gasteiger partial charge in [0.1, 0.15) is 0 Å². The molecule has 3 aliphatic heterocycles. The molecule has 3 heterocycles. The summed E-state index contributed by atoms with van der Waals surface area (Å²) in [6.45, 7) is 6.65. The minimum atomic E-state index is -5.08. The van der Waals surface area contributed by atoms with Gasteiger partial charge < -0.3 is 25.0 Å². The van der Waals surface area contributed by atoms with Gasteiger partial charge in [-0.25, -0.2) is 4.79 Å². The summed E-state index contributed by atoms with van der Waals surface area (Å²) in [5, 5.41) is 10.5. The molecule has 2 fully saturated rings. The van der Waals surface area contributed by atoms with Crippen LogP contribution in [0.15, 0.2) is 36.4 Å². The molecule has 2 saturated heterocycles. The lowest BCUT2D eigenvalue weighted by molar-refractivity contribution is -0.192. The number of nitrogens with one attached hydrogen (secondary N) is 1. The molecule has 37 heavy (non-hydrogen) atoms. The van der Waals surface area contributed by atoms with Crippen LogP contribution in [0.25, 0.3) is 0 Å². The maximum Gasteiger partial charge on any atom is 0.490 e. The largest absolute Gasteiger partial charge is 0.490 e. The van der Waals surface area contributed by atoms with Gasteiger partial charge in [-0.1, -0.05) is 30.4 Å². The number of fused-ring (bicyclic) bond motifs is 3. The van der Waals surface area contributed by atoms with Crippen molar-refractivity contribution < 1.29 is 37.4 Å². The van der Waals surface area contributed by atoms with Crippen molar-refractivity contribution in [2.45, 2.75) is 44.8 Å². The lowest BCUT2D eigenvalue weighted by Crippen LogP contribution is -2.52. The number of nitrogens with zero attached hydrogens (tertiary/aromatic N) is 2. The van der Waals surface area contributed by atoms with E-state index in [-0.39, 0.29) is 17.9 Å². The van der Waals surface area contributed by atoms with Crippen LogP contribution >= 0.6 is 0 Å². The molecule has 8 nitrogen and oxygen atoms in total. The highest BCUT2D eigenvalue weighted by Gasteiger charge is 2.45. The Morgan fingerprint density at radius 2 is 1.86 bits per heavy atom. The molecule has 1 spiro atoms. The number of likely N-dealkylation sites (N-methyl/N-ethyl adjacent to an activating group) is 1. The van der Waals surface area contributed by atoms with Gasteiger partial charge in [0, 0.05) is 25.2 Å². The van der Waals surface area contributed by atoms with Gasteiger partial charge in [-0.15, -0.1) is 0 Å². The second kappa shape index (κ2) is 12.6. The molecule has 3 aliphatic rings. The Morgan fingerprint density at radius 3 is 2.51 bits per heavy atom. The number of halogens is 3. The van der Waals surface area contributed by atoms with Crippen molar-refractivity contribution in [2.24, 2.45) is 5.41 Å². The van der Waals surface area contributed by atoms with E-state index in [4.69, 9.17) is 14.6 Å². The van der Waals surface area contributed by atoms with Gasteiger partial charge in [0.25, 0.3) is 5.91 Å². The van der Waals surface area contributed by atoms with Crippen LogP contribution in [0.4, 0.5) is 13.2 Å². The molecule has 1 atom stereocenters. The molecule has 1 unspecified atom stereocenters. The summed E-state index contributed by atoms with van der Waals surface area (Å²) in [6.07, 6.45) is 2.13. The van der Waals surface area contributed by atoms with E-state index < -0.39 is 17.6 Å². The highest BCUT2D eigenvalue weighted by molar-refractivity contribution is 5.96. The molecule has 2 N–H and O–H groups in total. The van der Waals surface area contributed by atoms with Crippen LogP contribution < -0.4 is 5.32 Å². The number of rotatable bonds is 1. The Morgan fingerprint density at radius 1 is 1.19 bits per heavy atom. The molecular weight excluding hydrogens is 491 g/mol. The molecule has 2 amide bonds. The molecule has 0 aromatic heterocycles. The molecule has 0 radical (unpaired) electrons. The van der Waals surface area contributed by atoms with Crippen LogP contribution in [0, 0.1) is 5.41 Å². The number of allylic oxidation sites excluding steroid dienone is 1. The number of carbonyl (C=O) groups is 3. The molecule has 11 heteroatoms. The number of carbonyl (C=O) groups excluding carboxylic acids is 2. The van der Waals surface area contributed by atoms with E-state index in [0.29, 0.717) is 39.3 Å². The van der Waals surface area contributed by atoms with Crippen molar-refractivity contribution in [3.05, 3.63) is 47.5 Å². The van der Waals surface area contributed by atoms with Gasteiger partial charge >= 0.3 is 12.1 Å². The predicted octanol–water partition coefficient (Wildman–Crippen LogP) is 2.88. The third kappa shape index (κ3) is 7.10. The van der Waals surface area contributed by atoms with Crippen molar-refractivity contribution >= 4 is 17.8 Å². The Labute approximate surface area is 214 Å². The van der Waals surface area contributed by atoms with E-state index in [1.54, 1.807) is 0 Å². The number of carboxylic acids is 1. The molecule has 4 rings (SSSR count). The first kappa shape index (κ1) is 28.6. The Hall–Kier alpha value is -2.92. The number of hydrogen-bond acceptors (Lipinski definition) is 5. The van der Waals surface area contributed by atoms with Crippen molar-refractivity contribution in [3.8, 4) is 0 Å². The molecular formula is C26H34F3N3O5. The number of piperidine rings is 1. The summed E-state index contributed by atoms with van der Waals surface area (Å²) in [7, 11) is 0. The predicted molar refractivity (Wildman–Crippen MR) is 130 cm³/mol. The highest BCUT2D eigenvalue weighted by Crippen LogP contribution is 2.34. The maximum atomic E-state index is 13.6. The lowest BCUT2D eigenvalue weighted by atomic mass is 9.78. The average Bonchev–Trinajstić information content (AvgIpc) is 3.36. The molecule has 0 aliphatic carbocycles. The van der Waals surface area contributed by atoms with E-state index in [2.05, 4.69) is 11.4 Å². The van der Waals surface area contributed by atoms with E-state index in [0.717, 1.165) is 43.5 Å². The first-order valence-electron chi connectivity index (χ1n) is 12.5. The van der Waals surface area contributed by atoms with E-state index in [1.807, 2.05) is 47.1 Å². The smallest absolute Gasteiger partial charge is 0.475 e. The van der Waals surface area contributed by atoms with Gasteiger partial charge in [-0.3, -0.25) is 9.59 Å². The minimum absolute atomic E-state index is 0.0693. The van der Waals surface area contributed by atoms with Crippen molar-refractivity contribution in [2.75, 3.05) is 45.9 Å². The van der Waals surface area contributed by atoms with Crippen LogP contribution in [-0.2, 0) is 20.7 Å². The summed E-state index contributed by atoms with van der Waals surface area (Å²) in [5.41, 5.74) is 1.35. The monoisotopic (exact) mass is 525 g/mol. The number of hydrogen-bond donors (Lipinski definition) is 2. The quantitative estimate of drug-likeness (QED) is 0.548. The average molecular weight is 526 g/mol. The van der Waals surface area contributed by atoms with Crippen LogP contribution in [0.2, 0.25) is 0 Å². The van der Waals surface area contributed by atoms with Crippen molar-refractivity contribution in [1.82, 2.24) is 15.1 Å². The van der Waals surface area contributed by atoms with Crippen LogP contribution in [0.3, 0.4) is 0 Å². The van der Waals surface area contributed by atoms with Gasteiger partial charge in [0.05, 0.1) is 24.7 Å². The minimum Gasteiger partial charge on any atom is -0.475 e. The molecule has 1 aromatic rings. The summed E-state index contributed by atoms with van der Waals surface area (Å²) in [5.74, 6) is -2.48. The zero-order chi connectivity index (χ0) is 27.1. The number of carboxylic acid groups (broad SMARTS) is 1. The van der Waals surface area contributed by atoms with Crippen LogP contribution in [0.1, 0.15) is 42.1 Å². The summed E-state index contributed by atoms with van der Waals surface area (Å²) < 4.78 is 37.7. The van der Waals surface area contributed by atoms with E-state index in [1.165, 1.54) is 0 Å². The SMILES string of the molecule is CCN1C(=O)c2ccccc2C/C=C\COCC2(CCNCC2)C(=O)N2CCC1C2.O=C(O)C(F)(F)F. The zero-order valence-corrected chi connectivity index (χ0v) is 20.9. The number of amides is 2. The third-order valence-corrected chi connectivity index (χ3v) is 7.09. The summed E-state index contributed by atoms with van der Waals surface area (Å²) >= 11 is 0. The Bertz CT molecular complexity index is 992. The van der Waals surface area contributed by atoms with Crippen LogP contribution in [-0.4, -0.2) is 90.8 Å². The molecule has 2 bridgehead atoms. The second-order valence-corrected chi connectivity index (χ2v) is 9.47. The van der Waals surface area contributed by atoms with Gasteiger partial charge in [0.2, 0.25) is 5.91 Å². The van der Waals surface area contributed by atoms with Gasteiger partial charge in [-0.05, 0) is 57.3 Å². The van der Waals surface area contributed by atoms with E-state index >= 15 is 0 Å². The van der Waals surface area contributed by atoms with Gasteiger partial charge in [-0.2, -0.15) is 13.2 Å². The topological polar surface area (TPSA) is 99.2 Å². The van der Waals surface area contributed by atoms with Crippen molar-refractivity contribution in [1.29, 1.82) is 0 Å². The number of aliphatic carboxylic acids is 1. The summed E-state index contributed by atoms with van der Waals surface area (Å²) in [6, 6.07) is 7.93. The number of benzene rings is 1. The van der Waals surface area contributed by atoms with Gasteiger partial charge in [0.15, 0.2) is 0 Å². The molecule has 1 aromatic carbocycles. The Kier molecular flexibility index (Phi) is 9.72. The first-order valence-corrected chi connectivity index (χ1v) is 12.5. The highest BCUT2D eigenvalue weighted by atomic mass is 19.4. The fraction of sp³-hybridized carbons (Fsp3) is 0.577. The van der Waals surface area contributed by atoms with Crippen molar-refractivity contribution in [3.63, 3.8) is 0 Å². The summed E-state index contributed by atoms with van der Waals surface area (Å²) in [4.78, 5) is 39.9. The maximum absolute atomic E-state index is 13.6. The zero-order valence-electron chi connectivity index (χ0n) is 20.9. The standard InChI is InChI=1S/C24H33N3O3.C2HF3O2/c1-2-27-20-10-15-26(17-20)23(29)24(11-13-25-14-12-24)18-30-16-6-5-8-19-7-3-4-9-21(19)22(27)28;3-2(4,5)1(6)7/h3-7,9,20,25H,2,8,10-18H2,1H3;(H,6,7)/b6-5-;. The number of alkyl halides is 3. The normalized spacial score (nSPS) is 23.4. The van der Waals surface area contributed by atoms with Crippen LogP contribution in [0.5, 0.6) is 0 Å². The molecule has 0 saturated carbocycles. The second-order valence-electron chi connectivity index (χ2n) is 9.47. The fourth-order valence-corrected chi connectivity index (χ4v) is 5.07. The third-order valence-electron chi connectivity index (χ3n) is 7.09. The fourth-order valence-electron chi connectivity index (χ4n) is 5.07. The first-order chi connectivity index (χ1) is 17.6. The van der Waals surface area contributed by atoms with E-state index in [9.17, 15) is 22.8 Å². The number of ether oxygens (including phenoxy) is 1.